The molecule has 0 bridgehead atoms. The molecule has 7 nitrogen and oxygen atoms in total. The summed E-state index contributed by atoms with van der Waals surface area (Å²) in [7, 11) is 0. The lowest BCUT2D eigenvalue weighted by atomic mass is 9.94. The number of rotatable bonds is 12. The SMILES string of the molecule is C=CCOc1ccc(C(O)=C2C(=O)C(=O)N(CCN(CC)CC)[C@@H]2c2ccc(Oc3ccccc3)cc2)c(C)c1. The first-order chi connectivity index (χ1) is 19.4. The number of ether oxygens (including phenoxy) is 2. The fourth-order valence-corrected chi connectivity index (χ4v) is 4.88. The first-order valence-electron chi connectivity index (χ1n) is 13.6. The molecular weight excluding hydrogens is 504 g/mol. The minimum absolute atomic E-state index is 0.0733. The Morgan fingerprint density at radius 2 is 1.62 bits per heavy atom. The molecule has 1 aliphatic heterocycles. The number of aryl methyl sites for hydroxylation is 1. The number of ketones is 1. The standard InChI is InChI=1S/C33H36N2O5/c1-5-21-39-27-17-18-28(23(4)22-27)31(36)29-30(35(33(38)32(29)37)20-19-34(6-2)7-3)24-13-15-26(16-14-24)40-25-11-9-8-10-12-25/h5,8-18,22,30,36H,1,6-7,19-21H2,2-4H3/t30-/m1/s1. The van der Waals surface area contributed by atoms with Crippen molar-refractivity contribution in [1.82, 2.24) is 9.80 Å². The molecule has 0 radical (unpaired) electrons. The number of likely N-dealkylation sites (N-methyl/N-ethyl adjacent to an activating group) is 1. The number of aliphatic hydroxyl groups is 1. The Balaban J connectivity index is 1.74. The number of hydrogen-bond acceptors (Lipinski definition) is 6. The Hall–Kier alpha value is -4.36. The number of aliphatic hydroxyl groups excluding tert-OH is 1. The molecule has 0 spiro atoms. The van der Waals surface area contributed by atoms with Crippen LogP contribution in [0.4, 0.5) is 0 Å². The van der Waals surface area contributed by atoms with Gasteiger partial charge in [0.2, 0.25) is 0 Å². The molecular formula is C33H36N2O5. The maximum atomic E-state index is 13.4. The predicted molar refractivity (Wildman–Crippen MR) is 157 cm³/mol. The van der Waals surface area contributed by atoms with E-state index in [1.165, 1.54) is 0 Å². The molecule has 1 amide bonds. The maximum absolute atomic E-state index is 13.4. The van der Waals surface area contributed by atoms with Gasteiger partial charge in [0.15, 0.2) is 0 Å². The van der Waals surface area contributed by atoms with Gasteiger partial charge in [0, 0.05) is 18.7 Å². The maximum Gasteiger partial charge on any atom is 0.295 e. The van der Waals surface area contributed by atoms with E-state index in [0.29, 0.717) is 48.1 Å². The van der Waals surface area contributed by atoms with E-state index in [9.17, 15) is 14.7 Å². The van der Waals surface area contributed by atoms with Crippen molar-refractivity contribution in [3.8, 4) is 17.2 Å². The van der Waals surface area contributed by atoms with Crippen LogP contribution in [0.25, 0.3) is 5.76 Å². The van der Waals surface area contributed by atoms with Crippen molar-refractivity contribution in [2.75, 3.05) is 32.8 Å². The van der Waals surface area contributed by atoms with Crippen molar-refractivity contribution in [2.24, 2.45) is 0 Å². The van der Waals surface area contributed by atoms with Gasteiger partial charge in [0.25, 0.3) is 11.7 Å². The van der Waals surface area contributed by atoms with Crippen LogP contribution in [0.15, 0.2) is 91.0 Å². The number of benzene rings is 3. The van der Waals surface area contributed by atoms with Gasteiger partial charge in [-0.15, -0.1) is 0 Å². The normalized spacial score (nSPS) is 16.4. The Labute approximate surface area is 235 Å². The Morgan fingerprint density at radius 3 is 2.25 bits per heavy atom. The van der Waals surface area contributed by atoms with Gasteiger partial charge in [-0.25, -0.2) is 0 Å². The number of likely N-dealkylation sites (tertiary alicyclic amines) is 1. The lowest BCUT2D eigenvalue weighted by molar-refractivity contribution is -0.140. The van der Waals surface area contributed by atoms with Gasteiger partial charge in [-0.1, -0.05) is 56.8 Å². The Morgan fingerprint density at radius 1 is 0.975 bits per heavy atom. The molecule has 40 heavy (non-hydrogen) atoms. The van der Waals surface area contributed by atoms with Crippen molar-refractivity contribution >= 4 is 17.4 Å². The summed E-state index contributed by atoms with van der Waals surface area (Å²) in [6.45, 7) is 12.6. The predicted octanol–water partition coefficient (Wildman–Crippen LogP) is 6.12. The summed E-state index contributed by atoms with van der Waals surface area (Å²) in [5.41, 5.74) is 1.98. The lowest BCUT2D eigenvalue weighted by Crippen LogP contribution is -2.38. The van der Waals surface area contributed by atoms with Gasteiger partial charge in [0.1, 0.15) is 29.6 Å². The van der Waals surface area contributed by atoms with Gasteiger partial charge in [-0.2, -0.15) is 0 Å². The van der Waals surface area contributed by atoms with Crippen LogP contribution in [0.2, 0.25) is 0 Å². The van der Waals surface area contributed by atoms with E-state index in [1.807, 2.05) is 61.5 Å². The molecule has 1 aliphatic rings. The van der Waals surface area contributed by atoms with Gasteiger partial charge >= 0.3 is 0 Å². The Kier molecular flexibility index (Phi) is 9.40. The molecule has 0 aromatic heterocycles. The molecule has 1 atom stereocenters. The zero-order chi connectivity index (χ0) is 28.6. The van der Waals surface area contributed by atoms with Crippen LogP contribution in [0, 0.1) is 6.92 Å². The Bertz CT molecular complexity index is 1380. The summed E-state index contributed by atoms with van der Waals surface area (Å²) in [6, 6.07) is 21.2. The largest absolute Gasteiger partial charge is 0.507 e. The number of amides is 1. The average Bonchev–Trinajstić information content (AvgIpc) is 3.22. The fourth-order valence-electron chi connectivity index (χ4n) is 4.88. The van der Waals surface area contributed by atoms with Crippen LogP contribution in [0.1, 0.15) is 36.6 Å². The van der Waals surface area contributed by atoms with E-state index >= 15 is 0 Å². The topological polar surface area (TPSA) is 79.3 Å². The molecule has 0 unspecified atom stereocenters. The van der Waals surface area contributed by atoms with E-state index in [4.69, 9.17) is 9.47 Å². The highest BCUT2D eigenvalue weighted by atomic mass is 16.5. The third-order valence-electron chi connectivity index (χ3n) is 7.09. The summed E-state index contributed by atoms with van der Waals surface area (Å²) in [5, 5.41) is 11.5. The molecule has 0 saturated carbocycles. The second-order valence-electron chi connectivity index (χ2n) is 9.58. The third kappa shape index (κ3) is 6.26. The number of carbonyl (C=O) groups excluding carboxylic acids is 2. The number of para-hydroxylation sites is 1. The third-order valence-corrected chi connectivity index (χ3v) is 7.09. The summed E-state index contributed by atoms with van der Waals surface area (Å²) >= 11 is 0. The number of hydrogen-bond donors (Lipinski definition) is 1. The van der Waals surface area contributed by atoms with Crippen LogP contribution >= 0.6 is 0 Å². The van der Waals surface area contributed by atoms with Gasteiger partial charge in [-0.05, 0) is 73.6 Å². The van der Waals surface area contributed by atoms with Crippen molar-refractivity contribution in [1.29, 1.82) is 0 Å². The lowest BCUT2D eigenvalue weighted by Gasteiger charge is -2.28. The molecule has 1 saturated heterocycles. The highest BCUT2D eigenvalue weighted by Crippen LogP contribution is 2.40. The molecule has 3 aromatic rings. The first-order valence-corrected chi connectivity index (χ1v) is 13.6. The van der Waals surface area contributed by atoms with E-state index in [-0.39, 0.29) is 11.3 Å². The van der Waals surface area contributed by atoms with Crippen LogP contribution in [0.3, 0.4) is 0 Å². The number of carbonyl (C=O) groups is 2. The van der Waals surface area contributed by atoms with E-state index < -0.39 is 17.7 Å². The molecule has 7 heteroatoms. The smallest absolute Gasteiger partial charge is 0.295 e. The van der Waals surface area contributed by atoms with Crippen LogP contribution < -0.4 is 9.47 Å². The van der Waals surface area contributed by atoms with Gasteiger partial charge in [-0.3, -0.25) is 9.59 Å². The van der Waals surface area contributed by atoms with Crippen molar-refractivity contribution in [3.63, 3.8) is 0 Å². The highest BCUT2D eigenvalue weighted by molar-refractivity contribution is 6.46. The summed E-state index contributed by atoms with van der Waals surface area (Å²) in [5.74, 6) is 0.438. The fraction of sp³-hybridized carbons (Fsp3) is 0.273. The average molecular weight is 541 g/mol. The minimum Gasteiger partial charge on any atom is -0.507 e. The monoisotopic (exact) mass is 540 g/mol. The quantitative estimate of drug-likeness (QED) is 0.129. The van der Waals surface area contributed by atoms with Crippen LogP contribution in [-0.2, 0) is 9.59 Å². The molecule has 1 N–H and O–H groups in total. The second-order valence-corrected chi connectivity index (χ2v) is 9.58. The summed E-state index contributed by atoms with van der Waals surface area (Å²) in [6.07, 6.45) is 1.65. The van der Waals surface area contributed by atoms with Gasteiger partial charge in [0.05, 0.1) is 11.6 Å². The van der Waals surface area contributed by atoms with E-state index in [2.05, 4.69) is 25.3 Å². The van der Waals surface area contributed by atoms with Crippen LogP contribution in [-0.4, -0.2) is 59.4 Å². The molecule has 208 valence electrons. The van der Waals surface area contributed by atoms with Crippen molar-refractivity contribution < 1.29 is 24.2 Å². The van der Waals surface area contributed by atoms with Crippen LogP contribution in [0.5, 0.6) is 17.2 Å². The number of Topliss-reactive ketones (excluding diaryl/α,β-unsaturated/α-hetero) is 1. The summed E-state index contributed by atoms with van der Waals surface area (Å²) < 4.78 is 11.5. The zero-order valence-corrected chi connectivity index (χ0v) is 23.3. The van der Waals surface area contributed by atoms with E-state index in [1.54, 1.807) is 29.2 Å². The minimum atomic E-state index is -0.738. The molecule has 1 fully saturated rings. The molecule has 4 rings (SSSR count). The molecule has 1 heterocycles. The molecule has 0 aliphatic carbocycles. The number of nitrogens with zero attached hydrogens (tertiary/aromatic N) is 2. The highest BCUT2D eigenvalue weighted by Gasteiger charge is 2.46. The zero-order valence-electron chi connectivity index (χ0n) is 23.3. The second kappa shape index (κ2) is 13.1. The molecule has 3 aromatic carbocycles. The van der Waals surface area contributed by atoms with Crippen molar-refractivity contribution in [3.05, 3.63) is 108 Å². The first kappa shape index (κ1) is 28.6. The summed E-state index contributed by atoms with van der Waals surface area (Å²) in [4.78, 5) is 30.6. The van der Waals surface area contributed by atoms with Crippen molar-refractivity contribution in [2.45, 2.75) is 26.8 Å². The van der Waals surface area contributed by atoms with E-state index in [0.717, 1.165) is 18.7 Å². The van der Waals surface area contributed by atoms with Gasteiger partial charge < -0.3 is 24.4 Å².